The van der Waals surface area contributed by atoms with Gasteiger partial charge in [0.2, 0.25) is 0 Å². The largest absolute Gasteiger partial charge is 0.482 e. The molecule has 7 nitrogen and oxygen atoms in total. The van der Waals surface area contributed by atoms with Crippen molar-refractivity contribution in [3.63, 3.8) is 0 Å². The Morgan fingerprint density at radius 2 is 2.18 bits per heavy atom. The highest BCUT2D eigenvalue weighted by atomic mass is 19.1. The zero-order valence-electron chi connectivity index (χ0n) is 18.6. The van der Waals surface area contributed by atoms with Crippen molar-refractivity contribution in [2.75, 3.05) is 5.73 Å². The number of aliphatic imine (C=N–C) groups is 1. The normalized spacial score (nSPS) is 17.8. The number of pyridine rings is 1. The summed E-state index contributed by atoms with van der Waals surface area (Å²) in [5.41, 5.74) is 11.8. The summed E-state index contributed by atoms with van der Waals surface area (Å²) < 4.78 is 22.0. The maximum atomic E-state index is 14.3. The molecular formula is C25H23FN6O. The van der Waals surface area contributed by atoms with Crippen LogP contribution in [0.1, 0.15) is 42.5 Å². The molecule has 2 bridgehead atoms. The lowest BCUT2D eigenvalue weighted by Gasteiger charge is -2.22. The molecule has 4 rings (SSSR count). The second-order valence-electron chi connectivity index (χ2n) is 7.87. The number of allylic oxidation sites excluding steroid dienone is 3. The minimum Gasteiger partial charge on any atom is -0.482 e. The van der Waals surface area contributed by atoms with E-state index in [0.717, 1.165) is 16.7 Å². The average molecular weight is 442 g/mol. The minimum atomic E-state index is -0.536. The number of fused-ring (bicyclic) bond motifs is 5. The van der Waals surface area contributed by atoms with Crippen molar-refractivity contribution in [2.45, 2.75) is 26.4 Å². The van der Waals surface area contributed by atoms with Crippen LogP contribution in [0.15, 0.2) is 53.3 Å². The minimum absolute atomic E-state index is 0.201. The maximum absolute atomic E-state index is 14.3. The molecule has 0 spiro atoms. The lowest BCUT2D eigenvalue weighted by atomic mass is 9.90. The topological polar surface area (TPSA) is 102 Å². The Labute approximate surface area is 191 Å². The van der Waals surface area contributed by atoms with Crippen molar-refractivity contribution in [1.29, 1.82) is 5.26 Å². The monoisotopic (exact) mass is 442 g/mol. The van der Waals surface area contributed by atoms with Crippen LogP contribution in [0.3, 0.4) is 0 Å². The average Bonchev–Trinajstić information content (AvgIpc) is 3.10. The first kappa shape index (κ1) is 22.0. The Kier molecular flexibility index (Phi) is 5.80. The molecule has 0 radical (unpaired) electrons. The third-order valence-electron chi connectivity index (χ3n) is 5.68. The summed E-state index contributed by atoms with van der Waals surface area (Å²) in [6.07, 6.45) is 4.95. The van der Waals surface area contributed by atoms with Crippen molar-refractivity contribution in [3.8, 4) is 22.9 Å². The van der Waals surface area contributed by atoms with Gasteiger partial charge in [-0.3, -0.25) is 9.67 Å². The predicted octanol–water partition coefficient (Wildman–Crippen LogP) is 4.76. The first-order chi connectivity index (χ1) is 15.8. The second-order valence-corrected chi connectivity index (χ2v) is 7.87. The van der Waals surface area contributed by atoms with Crippen LogP contribution in [-0.4, -0.2) is 21.5 Å². The smallest absolute Gasteiger partial charge is 0.166 e. The molecule has 2 N–H and O–H groups in total. The SMILES string of the molecule is C=N/C=C\C1=C(/C)Cc2nn(C)c(C#N)c2-c2cnc(N)c(c2)OC(C)c2cc(F)ccc21. The molecule has 2 aromatic heterocycles. The van der Waals surface area contributed by atoms with Crippen LogP contribution in [-0.2, 0) is 13.5 Å². The van der Waals surface area contributed by atoms with E-state index < -0.39 is 6.10 Å². The third kappa shape index (κ3) is 4.01. The van der Waals surface area contributed by atoms with E-state index in [1.807, 2.05) is 19.9 Å². The van der Waals surface area contributed by atoms with E-state index in [1.165, 1.54) is 12.1 Å². The van der Waals surface area contributed by atoms with E-state index in [4.69, 9.17) is 10.5 Å². The number of nitrogen functional groups attached to an aromatic ring is 1. The summed E-state index contributed by atoms with van der Waals surface area (Å²) >= 11 is 0. The van der Waals surface area contributed by atoms with Crippen molar-refractivity contribution < 1.29 is 9.13 Å². The molecule has 3 heterocycles. The van der Waals surface area contributed by atoms with Gasteiger partial charge in [0.25, 0.3) is 0 Å². The molecule has 8 heteroatoms. The number of aromatic nitrogens is 3. The molecule has 0 amide bonds. The first-order valence-corrected chi connectivity index (χ1v) is 10.3. The van der Waals surface area contributed by atoms with Gasteiger partial charge < -0.3 is 10.5 Å². The van der Waals surface area contributed by atoms with Crippen LogP contribution >= 0.6 is 0 Å². The highest BCUT2D eigenvalue weighted by molar-refractivity contribution is 5.80. The molecule has 0 saturated carbocycles. The second kappa shape index (κ2) is 8.71. The highest BCUT2D eigenvalue weighted by Crippen LogP contribution is 2.38. The van der Waals surface area contributed by atoms with E-state index in [1.54, 1.807) is 36.3 Å². The van der Waals surface area contributed by atoms with Gasteiger partial charge in [-0.05, 0) is 56.0 Å². The fraction of sp³-hybridized carbons (Fsp3) is 0.200. The summed E-state index contributed by atoms with van der Waals surface area (Å²) in [5.74, 6) is 0.178. The first-order valence-electron chi connectivity index (χ1n) is 10.3. The van der Waals surface area contributed by atoms with Gasteiger partial charge in [0.15, 0.2) is 11.6 Å². The van der Waals surface area contributed by atoms with Crippen LogP contribution in [0.25, 0.3) is 16.7 Å². The number of ether oxygens (including phenoxy) is 1. The number of rotatable bonds is 2. The van der Waals surface area contributed by atoms with E-state index in [-0.39, 0.29) is 11.6 Å². The predicted molar refractivity (Wildman–Crippen MR) is 126 cm³/mol. The van der Waals surface area contributed by atoms with Gasteiger partial charge in [-0.2, -0.15) is 10.4 Å². The van der Waals surface area contributed by atoms with Gasteiger partial charge >= 0.3 is 0 Å². The summed E-state index contributed by atoms with van der Waals surface area (Å²) in [5, 5.41) is 14.4. The number of nitrogens with two attached hydrogens (primary N) is 1. The Morgan fingerprint density at radius 1 is 1.39 bits per heavy atom. The van der Waals surface area contributed by atoms with E-state index in [9.17, 15) is 9.65 Å². The van der Waals surface area contributed by atoms with E-state index >= 15 is 0 Å². The number of anilines is 1. The molecule has 0 fully saturated rings. The van der Waals surface area contributed by atoms with Crippen LogP contribution in [0.4, 0.5) is 10.2 Å². The van der Waals surface area contributed by atoms with Crippen molar-refractivity contribution in [3.05, 3.63) is 76.6 Å². The Morgan fingerprint density at radius 3 is 2.91 bits per heavy atom. The molecular weight excluding hydrogens is 419 g/mol. The number of halogens is 1. The standard InChI is InChI=1S/C25H23FN6O/c1-14-9-21-24(22(12-27)32(4)31-21)16-10-23(25(28)30-13-16)33-15(2)20-11-17(26)5-6-19(20)18(14)7-8-29-3/h5-8,10-11,13,15H,3,9H2,1-2,4H3,(H2,28,30)/b8-7-,18-14-. The van der Waals surface area contributed by atoms with Crippen molar-refractivity contribution in [1.82, 2.24) is 14.8 Å². The number of aryl methyl sites for hydroxylation is 1. The van der Waals surface area contributed by atoms with Crippen LogP contribution in [0.5, 0.6) is 5.75 Å². The summed E-state index contributed by atoms with van der Waals surface area (Å²) in [6, 6.07) is 8.58. The summed E-state index contributed by atoms with van der Waals surface area (Å²) in [4.78, 5) is 8.14. The molecule has 1 aliphatic rings. The zero-order chi connectivity index (χ0) is 23.7. The molecule has 166 valence electrons. The zero-order valence-corrected chi connectivity index (χ0v) is 18.6. The fourth-order valence-corrected chi connectivity index (χ4v) is 4.13. The summed E-state index contributed by atoms with van der Waals surface area (Å²) in [6.45, 7) is 7.33. The van der Waals surface area contributed by atoms with Crippen molar-refractivity contribution in [2.24, 2.45) is 12.0 Å². The molecule has 3 aromatic rings. The number of nitrogens with zero attached hydrogens (tertiary/aromatic N) is 5. The number of benzene rings is 1. The van der Waals surface area contributed by atoms with Gasteiger partial charge in [0.05, 0.1) is 5.69 Å². The lowest BCUT2D eigenvalue weighted by Crippen LogP contribution is -2.10. The van der Waals surface area contributed by atoms with E-state index in [0.29, 0.717) is 40.2 Å². The molecule has 33 heavy (non-hydrogen) atoms. The molecule has 1 aromatic carbocycles. The maximum Gasteiger partial charge on any atom is 0.166 e. The Balaban J connectivity index is 2.07. The molecule has 1 aliphatic heterocycles. The van der Waals surface area contributed by atoms with Gasteiger partial charge in [0.1, 0.15) is 23.7 Å². The van der Waals surface area contributed by atoms with Crippen LogP contribution in [0, 0.1) is 17.1 Å². The number of hydrogen-bond acceptors (Lipinski definition) is 6. The molecule has 0 saturated heterocycles. The lowest BCUT2D eigenvalue weighted by molar-refractivity contribution is 0.227. The van der Waals surface area contributed by atoms with Gasteiger partial charge in [0, 0.05) is 42.6 Å². The van der Waals surface area contributed by atoms with Crippen molar-refractivity contribution >= 4 is 18.1 Å². The van der Waals surface area contributed by atoms with Crippen LogP contribution < -0.4 is 10.5 Å². The quantitative estimate of drug-likeness (QED) is 0.577. The van der Waals surface area contributed by atoms with Crippen LogP contribution in [0.2, 0.25) is 0 Å². The third-order valence-corrected chi connectivity index (χ3v) is 5.68. The Hall–Kier alpha value is -4.25. The fourth-order valence-electron chi connectivity index (χ4n) is 4.13. The number of hydrogen-bond donors (Lipinski definition) is 1. The molecule has 0 aliphatic carbocycles. The molecule has 1 unspecified atom stereocenters. The van der Waals surface area contributed by atoms with Gasteiger partial charge in [-0.15, -0.1) is 0 Å². The highest BCUT2D eigenvalue weighted by Gasteiger charge is 2.24. The number of nitriles is 1. The van der Waals surface area contributed by atoms with Gasteiger partial charge in [-0.1, -0.05) is 11.6 Å². The van der Waals surface area contributed by atoms with E-state index in [2.05, 4.69) is 27.9 Å². The molecule has 1 atom stereocenters. The Bertz CT molecular complexity index is 1360. The summed E-state index contributed by atoms with van der Waals surface area (Å²) in [7, 11) is 1.73. The van der Waals surface area contributed by atoms with Gasteiger partial charge in [-0.25, -0.2) is 9.37 Å².